The van der Waals surface area contributed by atoms with Crippen LogP contribution in [-0.2, 0) is 9.53 Å². The zero-order valence-electron chi connectivity index (χ0n) is 22.4. The molecule has 0 saturated carbocycles. The SMILES string of the molecule is C=C(CCCCCC)/C(=C/CCCCOC(C)=O)[Si](CCCC)(c1ccccc1)c1ccccc1. The predicted octanol–water partition coefficient (Wildman–Crippen LogP) is 7.78. The standard InChI is InChI=1S/C32H46O2Si/c1-5-7-9-13-20-28(3)32(25-18-12-19-26-34-29(4)33)35(27-8-6-2,30-21-14-10-15-22-30)31-23-16-11-17-24-31/h10-11,14-17,21-25H,3,5-9,12-13,18-20,26-27H2,1-2,4H3/b32-25-. The third-order valence-electron chi connectivity index (χ3n) is 6.86. The van der Waals surface area contributed by atoms with Crippen molar-refractivity contribution in [3.8, 4) is 0 Å². The van der Waals surface area contributed by atoms with Crippen LogP contribution in [0, 0.1) is 0 Å². The Morgan fingerprint density at radius 3 is 1.97 bits per heavy atom. The predicted molar refractivity (Wildman–Crippen MR) is 154 cm³/mol. The molecule has 0 radical (unpaired) electrons. The summed E-state index contributed by atoms with van der Waals surface area (Å²) in [4.78, 5) is 11.1. The maximum atomic E-state index is 11.1. The highest BCUT2D eigenvalue weighted by molar-refractivity contribution is 7.08. The smallest absolute Gasteiger partial charge is 0.302 e. The first-order chi connectivity index (χ1) is 17.1. The van der Waals surface area contributed by atoms with E-state index in [1.54, 1.807) is 0 Å². The van der Waals surface area contributed by atoms with Crippen molar-refractivity contribution in [3.63, 3.8) is 0 Å². The normalized spacial score (nSPS) is 11.9. The lowest BCUT2D eigenvalue weighted by atomic mass is 10.1. The van der Waals surface area contributed by atoms with Gasteiger partial charge in [-0.3, -0.25) is 4.79 Å². The van der Waals surface area contributed by atoms with Gasteiger partial charge in [0.25, 0.3) is 0 Å². The van der Waals surface area contributed by atoms with E-state index in [-0.39, 0.29) is 5.97 Å². The molecule has 0 aliphatic heterocycles. The van der Waals surface area contributed by atoms with E-state index in [4.69, 9.17) is 11.3 Å². The van der Waals surface area contributed by atoms with Crippen LogP contribution in [-0.4, -0.2) is 20.7 Å². The van der Waals surface area contributed by atoms with Gasteiger partial charge in [-0.1, -0.05) is 130 Å². The molecule has 2 aromatic rings. The van der Waals surface area contributed by atoms with Crippen LogP contribution in [0.5, 0.6) is 0 Å². The summed E-state index contributed by atoms with van der Waals surface area (Å²) in [6.07, 6.45) is 13.9. The van der Waals surface area contributed by atoms with E-state index < -0.39 is 8.07 Å². The lowest BCUT2D eigenvalue weighted by molar-refractivity contribution is -0.141. The quantitative estimate of drug-likeness (QED) is 0.0979. The second-order valence-electron chi connectivity index (χ2n) is 9.61. The van der Waals surface area contributed by atoms with Crippen molar-refractivity contribution < 1.29 is 9.53 Å². The van der Waals surface area contributed by atoms with Gasteiger partial charge in [-0.25, -0.2) is 0 Å². The highest BCUT2D eigenvalue weighted by Gasteiger charge is 2.40. The molecule has 35 heavy (non-hydrogen) atoms. The van der Waals surface area contributed by atoms with Crippen molar-refractivity contribution in [1.29, 1.82) is 0 Å². The Bertz CT molecular complexity index is 862. The molecule has 2 rings (SSSR count). The number of carbonyl (C=O) groups is 1. The van der Waals surface area contributed by atoms with Crippen LogP contribution >= 0.6 is 0 Å². The molecule has 0 bridgehead atoms. The number of allylic oxidation sites excluding steroid dienone is 3. The molecule has 0 amide bonds. The molecule has 0 saturated heterocycles. The van der Waals surface area contributed by atoms with Crippen molar-refractivity contribution >= 4 is 24.4 Å². The molecule has 0 aliphatic rings. The Kier molecular flexibility index (Phi) is 13.4. The molecular weight excluding hydrogens is 444 g/mol. The van der Waals surface area contributed by atoms with Crippen molar-refractivity contribution in [2.75, 3.05) is 6.61 Å². The number of hydrogen-bond donors (Lipinski definition) is 0. The van der Waals surface area contributed by atoms with Crippen LogP contribution in [0.2, 0.25) is 6.04 Å². The van der Waals surface area contributed by atoms with Gasteiger partial charge in [0.05, 0.1) is 6.61 Å². The third kappa shape index (κ3) is 8.96. The number of rotatable bonds is 17. The summed E-state index contributed by atoms with van der Waals surface area (Å²) < 4.78 is 5.16. The molecule has 0 aliphatic carbocycles. The van der Waals surface area contributed by atoms with Crippen molar-refractivity contribution in [1.82, 2.24) is 0 Å². The zero-order valence-corrected chi connectivity index (χ0v) is 23.4. The molecule has 2 nitrogen and oxygen atoms in total. The van der Waals surface area contributed by atoms with Crippen molar-refractivity contribution in [2.24, 2.45) is 0 Å². The molecule has 190 valence electrons. The molecule has 0 fully saturated rings. The van der Waals surface area contributed by atoms with E-state index in [0.29, 0.717) is 6.61 Å². The maximum absolute atomic E-state index is 11.1. The van der Waals surface area contributed by atoms with E-state index >= 15 is 0 Å². The van der Waals surface area contributed by atoms with Crippen LogP contribution in [0.4, 0.5) is 0 Å². The number of hydrogen-bond acceptors (Lipinski definition) is 2. The van der Waals surface area contributed by atoms with Crippen molar-refractivity contribution in [3.05, 3.63) is 84.1 Å². The summed E-state index contributed by atoms with van der Waals surface area (Å²) in [7, 11) is -2.24. The molecule has 0 spiro atoms. The van der Waals surface area contributed by atoms with Crippen LogP contribution in [0.3, 0.4) is 0 Å². The van der Waals surface area contributed by atoms with Crippen LogP contribution in [0.1, 0.15) is 85.0 Å². The van der Waals surface area contributed by atoms with E-state index in [0.717, 1.165) is 25.7 Å². The largest absolute Gasteiger partial charge is 0.466 e. The number of esters is 1. The molecular formula is C32H46O2Si. The lowest BCUT2D eigenvalue weighted by Crippen LogP contribution is -2.60. The Balaban J connectivity index is 2.50. The Morgan fingerprint density at radius 2 is 1.43 bits per heavy atom. The molecule has 0 N–H and O–H groups in total. The fourth-order valence-corrected chi connectivity index (χ4v) is 10.4. The van der Waals surface area contributed by atoms with Gasteiger partial charge in [-0.05, 0) is 48.5 Å². The fraction of sp³-hybridized carbons (Fsp3) is 0.469. The minimum absolute atomic E-state index is 0.194. The third-order valence-corrected chi connectivity index (χ3v) is 12.1. The molecule has 3 heteroatoms. The van der Waals surface area contributed by atoms with E-state index in [1.807, 2.05) is 0 Å². The fourth-order valence-electron chi connectivity index (χ4n) is 5.02. The van der Waals surface area contributed by atoms with Gasteiger partial charge in [-0.2, -0.15) is 0 Å². The van der Waals surface area contributed by atoms with Gasteiger partial charge in [0.1, 0.15) is 8.07 Å². The lowest BCUT2D eigenvalue weighted by Gasteiger charge is -2.37. The number of ether oxygens (including phenoxy) is 1. The summed E-state index contributed by atoms with van der Waals surface area (Å²) in [5, 5.41) is 4.49. The molecule has 0 aromatic heterocycles. The molecule has 0 heterocycles. The molecule has 2 aromatic carbocycles. The van der Waals surface area contributed by atoms with Gasteiger partial charge in [0.15, 0.2) is 0 Å². The first kappa shape index (κ1) is 28.8. The van der Waals surface area contributed by atoms with Gasteiger partial charge in [-0.15, -0.1) is 0 Å². The topological polar surface area (TPSA) is 26.3 Å². The van der Waals surface area contributed by atoms with Crippen LogP contribution in [0.15, 0.2) is 84.1 Å². The summed E-state index contributed by atoms with van der Waals surface area (Å²) in [5.41, 5.74) is 1.33. The first-order valence-electron chi connectivity index (χ1n) is 13.7. The molecule has 0 unspecified atom stereocenters. The van der Waals surface area contributed by atoms with Gasteiger partial charge in [0.2, 0.25) is 0 Å². The number of benzene rings is 2. The number of unbranched alkanes of at least 4 members (excludes halogenated alkanes) is 6. The summed E-state index contributed by atoms with van der Waals surface area (Å²) >= 11 is 0. The van der Waals surface area contributed by atoms with Crippen LogP contribution < -0.4 is 10.4 Å². The minimum atomic E-state index is -2.24. The average Bonchev–Trinajstić information content (AvgIpc) is 2.88. The summed E-state index contributed by atoms with van der Waals surface area (Å²) in [6.45, 7) is 11.3. The highest BCUT2D eigenvalue weighted by atomic mass is 28.3. The van der Waals surface area contributed by atoms with Gasteiger partial charge < -0.3 is 4.74 Å². The van der Waals surface area contributed by atoms with Gasteiger partial charge in [0, 0.05) is 6.92 Å². The second kappa shape index (κ2) is 16.3. The Morgan fingerprint density at radius 1 is 0.829 bits per heavy atom. The summed E-state index contributed by atoms with van der Waals surface area (Å²) in [5.74, 6) is -0.194. The van der Waals surface area contributed by atoms with Crippen LogP contribution in [0.25, 0.3) is 0 Å². The Hall–Kier alpha value is -2.39. The monoisotopic (exact) mass is 490 g/mol. The maximum Gasteiger partial charge on any atom is 0.302 e. The average molecular weight is 491 g/mol. The minimum Gasteiger partial charge on any atom is -0.466 e. The second-order valence-corrected chi connectivity index (χ2v) is 13.6. The van der Waals surface area contributed by atoms with Gasteiger partial charge >= 0.3 is 5.97 Å². The first-order valence-corrected chi connectivity index (χ1v) is 15.9. The zero-order chi connectivity index (χ0) is 25.4. The van der Waals surface area contributed by atoms with Crippen molar-refractivity contribution in [2.45, 2.75) is 91.0 Å². The van der Waals surface area contributed by atoms with E-state index in [2.05, 4.69) is 80.6 Å². The van der Waals surface area contributed by atoms with E-state index in [1.165, 1.54) is 72.6 Å². The highest BCUT2D eigenvalue weighted by Crippen LogP contribution is 2.31. The Labute approximate surface area is 215 Å². The number of carbonyl (C=O) groups excluding carboxylic acids is 1. The summed E-state index contributed by atoms with van der Waals surface area (Å²) in [6, 6.07) is 23.7. The van der Waals surface area contributed by atoms with E-state index in [9.17, 15) is 4.79 Å². The molecule has 0 atom stereocenters.